The van der Waals surface area contributed by atoms with E-state index in [1.165, 1.54) is 0 Å². The number of hydrogen-bond donors (Lipinski definition) is 0. The number of carbonyl (C=O) groups excluding carboxylic acids is 1. The van der Waals surface area contributed by atoms with Crippen LogP contribution in [0.5, 0.6) is 0 Å². The van der Waals surface area contributed by atoms with Gasteiger partial charge in [0.05, 0.1) is 0 Å². The maximum atomic E-state index is 12.9. The van der Waals surface area contributed by atoms with Gasteiger partial charge in [-0.05, 0) is 44.9 Å². The van der Waals surface area contributed by atoms with Gasteiger partial charge in [0.25, 0.3) is 5.91 Å². The van der Waals surface area contributed by atoms with Gasteiger partial charge in [-0.1, -0.05) is 6.07 Å². The maximum absolute atomic E-state index is 12.9. The second-order valence-corrected chi connectivity index (χ2v) is 7.37. The minimum absolute atomic E-state index is 0.0228. The number of hydrogen-bond acceptors (Lipinski definition) is 5. The van der Waals surface area contributed by atoms with Crippen molar-refractivity contribution in [2.75, 3.05) is 13.1 Å². The van der Waals surface area contributed by atoms with Gasteiger partial charge in [-0.25, -0.2) is 19.9 Å². The van der Waals surface area contributed by atoms with Crippen molar-refractivity contribution in [2.45, 2.75) is 32.6 Å². The SMILES string of the molecule is Cc1cccc(C(=O)N2CCCC(c3nc(C)cc(-c4nccn4C)n3)C2)n1. The zero-order valence-corrected chi connectivity index (χ0v) is 16.5. The number of rotatable bonds is 3. The fraction of sp³-hybridized carbons (Fsp3) is 0.381. The summed E-state index contributed by atoms with van der Waals surface area (Å²) in [5.41, 5.74) is 3.08. The van der Waals surface area contributed by atoms with Gasteiger partial charge in [-0.15, -0.1) is 0 Å². The molecule has 1 aliphatic rings. The standard InChI is InChI=1S/C21H24N6O/c1-14-6-4-8-17(23-14)21(28)27-10-5-7-16(13-27)19-24-15(2)12-18(25-19)20-22-9-11-26(20)3/h4,6,8-9,11-12,16H,5,7,10,13H2,1-3H3. The van der Waals surface area contributed by atoms with Gasteiger partial charge in [-0.2, -0.15) is 0 Å². The van der Waals surface area contributed by atoms with E-state index >= 15 is 0 Å². The molecule has 1 amide bonds. The lowest BCUT2D eigenvalue weighted by Gasteiger charge is -2.32. The summed E-state index contributed by atoms with van der Waals surface area (Å²) in [5, 5.41) is 0. The van der Waals surface area contributed by atoms with Gasteiger partial charge in [0.2, 0.25) is 0 Å². The highest BCUT2D eigenvalue weighted by Crippen LogP contribution is 2.27. The Bertz CT molecular complexity index is 1010. The molecule has 0 spiro atoms. The van der Waals surface area contributed by atoms with Gasteiger partial charge in [-0.3, -0.25) is 4.79 Å². The van der Waals surface area contributed by atoms with Crippen LogP contribution in [0.2, 0.25) is 0 Å². The molecular weight excluding hydrogens is 352 g/mol. The van der Waals surface area contributed by atoms with Crippen molar-refractivity contribution in [2.24, 2.45) is 7.05 Å². The molecule has 3 aromatic heterocycles. The fourth-order valence-electron chi connectivity index (χ4n) is 3.70. The molecule has 0 saturated carbocycles. The topological polar surface area (TPSA) is 76.8 Å². The van der Waals surface area contributed by atoms with Gasteiger partial charge < -0.3 is 9.47 Å². The minimum Gasteiger partial charge on any atom is -0.337 e. The Balaban J connectivity index is 1.59. The summed E-state index contributed by atoms with van der Waals surface area (Å²) in [4.78, 5) is 33.0. The second-order valence-electron chi connectivity index (χ2n) is 7.37. The zero-order valence-electron chi connectivity index (χ0n) is 16.5. The minimum atomic E-state index is -0.0228. The first kappa shape index (κ1) is 18.3. The van der Waals surface area contributed by atoms with E-state index in [0.717, 1.165) is 48.1 Å². The lowest BCUT2D eigenvalue weighted by atomic mass is 9.96. The summed E-state index contributed by atoms with van der Waals surface area (Å²) in [7, 11) is 1.95. The van der Waals surface area contributed by atoms with Crippen molar-refractivity contribution >= 4 is 5.91 Å². The Hall–Kier alpha value is -3.09. The van der Waals surface area contributed by atoms with Crippen LogP contribution in [0.1, 0.15) is 46.5 Å². The molecular formula is C21H24N6O. The van der Waals surface area contributed by atoms with Crippen molar-refractivity contribution in [3.05, 3.63) is 59.6 Å². The predicted molar refractivity (Wildman–Crippen MR) is 106 cm³/mol. The van der Waals surface area contributed by atoms with E-state index < -0.39 is 0 Å². The Labute approximate surface area is 164 Å². The predicted octanol–water partition coefficient (Wildman–Crippen LogP) is 2.91. The number of carbonyl (C=O) groups is 1. The van der Waals surface area contributed by atoms with Crippen molar-refractivity contribution < 1.29 is 4.79 Å². The van der Waals surface area contributed by atoms with Crippen LogP contribution in [0.3, 0.4) is 0 Å². The Morgan fingerprint density at radius 2 is 2.00 bits per heavy atom. The fourth-order valence-corrected chi connectivity index (χ4v) is 3.70. The molecule has 28 heavy (non-hydrogen) atoms. The first-order chi connectivity index (χ1) is 13.5. The molecule has 1 unspecified atom stereocenters. The first-order valence-corrected chi connectivity index (χ1v) is 9.57. The van der Waals surface area contributed by atoms with Crippen LogP contribution >= 0.6 is 0 Å². The second kappa shape index (κ2) is 7.50. The average molecular weight is 376 g/mol. The van der Waals surface area contributed by atoms with Crippen LogP contribution in [-0.4, -0.2) is 48.4 Å². The number of piperidine rings is 1. The van der Waals surface area contributed by atoms with Crippen LogP contribution in [0.4, 0.5) is 0 Å². The van der Waals surface area contributed by atoms with E-state index in [-0.39, 0.29) is 11.8 Å². The summed E-state index contributed by atoms with van der Waals surface area (Å²) in [6.45, 7) is 5.22. The highest BCUT2D eigenvalue weighted by Gasteiger charge is 2.28. The highest BCUT2D eigenvalue weighted by atomic mass is 16.2. The molecule has 0 aromatic carbocycles. The number of aromatic nitrogens is 5. The zero-order chi connectivity index (χ0) is 19.7. The molecule has 7 nitrogen and oxygen atoms in total. The third kappa shape index (κ3) is 3.65. The molecule has 4 heterocycles. The van der Waals surface area contributed by atoms with E-state index in [1.54, 1.807) is 12.3 Å². The molecule has 3 aromatic rings. The lowest BCUT2D eigenvalue weighted by Crippen LogP contribution is -2.40. The van der Waals surface area contributed by atoms with Crippen LogP contribution in [-0.2, 0) is 7.05 Å². The Morgan fingerprint density at radius 1 is 1.14 bits per heavy atom. The number of aryl methyl sites for hydroxylation is 3. The average Bonchev–Trinajstić information content (AvgIpc) is 3.13. The number of likely N-dealkylation sites (tertiary alicyclic amines) is 1. The van der Waals surface area contributed by atoms with Crippen LogP contribution in [0, 0.1) is 13.8 Å². The van der Waals surface area contributed by atoms with E-state index in [0.29, 0.717) is 12.2 Å². The first-order valence-electron chi connectivity index (χ1n) is 9.57. The molecule has 0 radical (unpaired) electrons. The summed E-state index contributed by atoms with van der Waals surface area (Å²) in [6.07, 6.45) is 5.57. The molecule has 1 atom stereocenters. The van der Waals surface area contributed by atoms with Crippen molar-refractivity contribution in [1.82, 2.24) is 29.4 Å². The molecule has 7 heteroatoms. The van der Waals surface area contributed by atoms with Gasteiger partial charge in [0.15, 0.2) is 5.82 Å². The van der Waals surface area contributed by atoms with Gasteiger partial charge >= 0.3 is 0 Å². The summed E-state index contributed by atoms with van der Waals surface area (Å²) >= 11 is 0. The van der Waals surface area contributed by atoms with E-state index in [4.69, 9.17) is 4.98 Å². The van der Waals surface area contributed by atoms with Crippen LogP contribution in [0.15, 0.2) is 36.7 Å². The molecule has 1 aliphatic heterocycles. The molecule has 4 rings (SSSR count). The molecule has 1 fully saturated rings. The van der Waals surface area contributed by atoms with E-state index in [9.17, 15) is 4.79 Å². The summed E-state index contributed by atoms with van der Waals surface area (Å²) < 4.78 is 1.95. The number of nitrogens with zero attached hydrogens (tertiary/aromatic N) is 6. The lowest BCUT2D eigenvalue weighted by molar-refractivity contribution is 0.0698. The number of imidazole rings is 1. The van der Waals surface area contributed by atoms with E-state index in [2.05, 4.69) is 15.0 Å². The van der Waals surface area contributed by atoms with Crippen molar-refractivity contribution in [3.8, 4) is 11.5 Å². The van der Waals surface area contributed by atoms with Crippen LogP contribution in [0.25, 0.3) is 11.5 Å². The van der Waals surface area contributed by atoms with Crippen LogP contribution < -0.4 is 0 Å². The van der Waals surface area contributed by atoms with Gasteiger partial charge in [0, 0.05) is 49.8 Å². The molecule has 1 saturated heterocycles. The maximum Gasteiger partial charge on any atom is 0.272 e. The van der Waals surface area contributed by atoms with Gasteiger partial charge in [0.1, 0.15) is 17.2 Å². The highest BCUT2D eigenvalue weighted by molar-refractivity contribution is 5.92. The smallest absolute Gasteiger partial charge is 0.272 e. The molecule has 0 N–H and O–H groups in total. The number of pyridine rings is 1. The monoisotopic (exact) mass is 376 g/mol. The summed E-state index contributed by atoms with van der Waals surface area (Å²) in [5.74, 6) is 1.69. The molecule has 0 bridgehead atoms. The third-order valence-electron chi connectivity index (χ3n) is 5.10. The quantitative estimate of drug-likeness (QED) is 0.702. The van der Waals surface area contributed by atoms with Crippen molar-refractivity contribution in [3.63, 3.8) is 0 Å². The Kier molecular flexibility index (Phi) is 4.90. The molecule has 0 aliphatic carbocycles. The summed E-state index contributed by atoms with van der Waals surface area (Å²) in [6, 6.07) is 7.50. The normalized spacial score (nSPS) is 17.0. The van der Waals surface area contributed by atoms with Crippen molar-refractivity contribution in [1.29, 1.82) is 0 Å². The Morgan fingerprint density at radius 3 is 2.75 bits per heavy atom. The van der Waals surface area contributed by atoms with E-state index in [1.807, 2.05) is 54.8 Å². The number of amides is 1. The molecule has 144 valence electrons. The largest absolute Gasteiger partial charge is 0.337 e. The third-order valence-corrected chi connectivity index (χ3v) is 5.10.